The first kappa shape index (κ1) is 15.7. The standard InChI is InChI=1S/C20H22N2OS/c1-20(2,23)18-11-15(14-9-5-6-10-16(14)21-18)17-12-24-19(22-17)13-7-3-4-8-13/h5-6,9-13,23H,3-4,7-8H2,1-2H3. The molecule has 0 spiro atoms. The van der Waals surface area contributed by atoms with Gasteiger partial charge in [-0.3, -0.25) is 0 Å². The third-order valence-electron chi connectivity index (χ3n) is 4.85. The van der Waals surface area contributed by atoms with Crippen LogP contribution < -0.4 is 0 Å². The molecule has 1 aliphatic carbocycles. The zero-order valence-electron chi connectivity index (χ0n) is 14.1. The number of para-hydroxylation sites is 1. The number of pyridine rings is 1. The lowest BCUT2D eigenvalue weighted by molar-refractivity contribution is 0.0742. The molecular formula is C20H22N2OS. The molecule has 124 valence electrons. The van der Waals surface area contributed by atoms with Gasteiger partial charge in [-0.25, -0.2) is 9.97 Å². The van der Waals surface area contributed by atoms with Gasteiger partial charge in [0.25, 0.3) is 0 Å². The van der Waals surface area contributed by atoms with Crippen molar-refractivity contribution < 1.29 is 5.11 Å². The molecule has 0 saturated heterocycles. The lowest BCUT2D eigenvalue weighted by Gasteiger charge is -2.18. The van der Waals surface area contributed by atoms with Gasteiger partial charge in [-0.15, -0.1) is 11.3 Å². The number of aliphatic hydroxyl groups is 1. The third kappa shape index (κ3) is 2.85. The minimum Gasteiger partial charge on any atom is -0.384 e. The summed E-state index contributed by atoms with van der Waals surface area (Å²) in [5.41, 5.74) is 2.70. The maximum Gasteiger partial charge on any atom is 0.101 e. The maximum absolute atomic E-state index is 10.4. The minimum atomic E-state index is -0.969. The predicted molar refractivity (Wildman–Crippen MR) is 99.3 cm³/mol. The molecule has 0 bridgehead atoms. The summed E-state index contributed by atoms with van der Waals surface area (Å²) >= 11 is 1.77. The Kier molecular flexibility index (Phi) is 3.89. The number of hydrogen-bond acceptors (Lipinski definition) is 4. The summed E-state index contributed by atoms with van der Waals surface area (Å²) in [5, 5.41) is 14.9. The van der Waals surface area contributed by atoms with Gasteiger partial charge in [0.15, 0.2) is 0 Å². The zero-order chi connectivity index (χ0) is 16.7. The largest absolute Gasteiger partial charge is 0.384 e. The predicted octanol–water partition coefficient (Wildman–Crippen LogP) is 5.24. The minimum absolute atomic E-state index is 0.630. The van der Waals surface area contributed by atoms with Crippen LogP contribution in [0.3, 0.4) is 0 Å². The Morgan fingerprint density at radius 3 is 2.62 bits per heavy atom. The van der Waals surface area contributed by atoms with E-state index in [9.17, 15) is 5.11 Å². The average molecular weight is 338 g/mol. The van der Waals surface area contributed by atoms with Gasteiger partial charge in [0.2, 0.25) is 0 Å². The molecule has 4 rings (SSSR count). The fourth-order valence-electron chi connectivity index (χ4n) is 3.47. The Morgan fingerprint density at radius 2 is 1.88 bits per heavy atom. The zero-order valence-corrected chi connectivity index (χ0v) is 14.9. The van der Waals surface area contributed by atoms with E-state index in [1.807, 2.05) is 24.3 Å². The Morgan fingerprint density at radius 1 is 1.12 bits per heavy atom. The van der Waals surface area contributed by atoms with Crippen LogP contribution >= 0.6 is 11.3 Å². The summed E-state index contributed by atoms with van der Waals surface area (Å²) in [4.78, 5) is 9.59. The second-order valence-electron chi connectivity index (χ2n) is 7.18. The summed E-state index contributed by atoms with van der Waals surface area (Å²) in [7, 11) is 0. The normalized spacial score (nSPS) is 16.1. The van der Waals surface area contributed by atoms with Gasteiger partial charge in [0, 0.05) is 22.2 Å². The number of nitrogens with zero attached hydrogens (tertiary/aromatic N) is 2. The molecule has 3 aromatic rings. The van der Waals surface area contributed by atoms with Crippen molar-refractivity contribution in [3.8, 4) is 11.3 Å². The molecule has 0 aliphatic heterocycles. The number of rotatable bonds is 3. The first-order valence-electron chi connectivity index (χ1n) is 8.61. The average Bonchev–Trinajstić information content (AvgIpc) is 3.24. The maximum atomic E-state index is 10.4. The van der Waals surface area contributed by atoms with Crippen molar-refractivity contribution in [3.63, 3.8) is 0 Å². The van der Waals surface area contributed by atoms with Crippen molar-refractivity contribution in [1.29, 1.82) is 0 Å². The number of thiazole rings is 1. The first-order valence-corrected chi connectivity index (χ1v) is 9.49. The van der Waals surface area contributed by atoms with Crippen LogP contribution in [0.4, 0.5) is 0 Å². The van der Waals surface area contributed by atoms with Crippen molar-refractivity contribution >= 4 is 22.2 Å². The van der Waals surface area contributed by atoms with E-state index >= 15 is 0 Å². The molecule has 2 heterocycles. The molecule has 2 aromatic heterocycles. The lowest BCUT2D eigenvalue weighted by Crippen LogP contribution is -2.17. The summed E-state index contributed by atoms with van der Waals surface area (Å²) in [5.74, 6) is 0.630. The quantitative estimate of drug-likeness (QED) is 0.710. The molecule has 0 atom stereocenters. The lowest BCUT2D eigenvalue weighted by atomic mass is 9.98. The number of fused-ring (bicyclic) bond motifs is 1. The smallest absolute Gasteiger partial charge is 0.101 e. The van der Waals surface area contributed by atoms with Crippen molar-refractivity contribution in [2.24, 2.45) is 0 Å². The van der Waals surface area contributed by atoms with E-state index < -0.39 is 5.60 Å². The highest BCUT2D eigenvalue weighted by atomic mass is 32.1. The van der Waals surface area contributed by atoms with E-state index in [-0.39, 0.29) is 0 Å². The van der Waals surface area contributed by atoms with Gasteiger partial charge in [0.1, 0.15) is 5.60 Å². The van der Waals surface area contributed by atoms with E-state index in [0.717, 1.165) is 22.2 Å². The molecule has 0 amide bonds. The van der Waals surface area contributed by atoms with Crippen molar-refractivity contribution in [1.82, 2.24) is 9.97 Å². The molecule has 1 saturated carbocycles. The van der Waals surface area contributed by atoms with Gasteiger partial charge in [-0.2, -0.15) is 0 Å². The molecule has 0 unspecified atom stereocenters. The Labute approximate surface area is 146 Å². The van der Waals surface area contributed by atoms with E-state index in [0.29, 0.717) is 11.6 Å². The Balaban J connectivity index is 1.86. The highest BCUT2D eigenvalue weighted by Crippen LogP contribution is 2.38. The molecular weight excluding hydrogens is 316 g/mol. The number of benzene rings is 1. The van der Waals surface area contributed by atoms with E-state index in [4.69, 9.17) is 4.98 Å². The van der Waals surface area contributed by atoms with Crippen LogP contribution in [-0.2, 0) is 5.60 Å². The fourth-order valence-corrected chi connectivity index (χ4v) is 4.46. The van der Waals surface area contributed by atoms with Crippen LogP contribution in [0.2, 0.25) is 0 Å². The van der Waals surface area contributed by atoms with Crippen molar-refractivity contribution in [2.45, 2.75) is 51.0 Å². The highest BCUT2D eigenvalue weighted by molar-refractivity contribution is 7.10. The van der Waals surface area contributed by atoms with Gasteiger partial charge >= 0.3 is 0 Å². The molecule has 1 fully saturated rings. The summed E-state index contributed by atoms with van der Waals surface area (Å²) < 4.78 is 0. The molecule has 1 aromatic carbocycles. The first-order chi connectivity index (χ1) is 11.5. The van der Waals surface area contributed by atoms with Crippen LogP contribution in [0, 0.1) is 0 Å². The number of aromatic nitrogens is 2. The molecule has 0 radical (unpaired) electrons. The van der Waals surface area contributed by atoms with Gasteiger partial charge in [-0.1, -0.05) is 31.0 Å². The van der Waals surface area contributed by atoms with E-state index in [2.05, 4.69) is 16.4 Å². The van der Waals surface area contributed by atoms with Crippen LogP contribution in [0.15, 0.2) is 35.7 Å². The van der Waals surface area contributed by atoms with Gasteiger partial charge < -0.3 is 5.11 Å². The van der Waals surface area contributed by atoms with Crippen LogP contribution in [0.1, 0.15) is 56.2 Å². The van der Waals surface area contributed by atoms with Crippen molar-refractivity contribution in [2.75, 3.05) is 0 Å². The van der Waals surface area contributed by atoms with Crippen molar-refractivity contribution in [3.05, 3.63) is 46.4 Å². The molecule has 1 aliphatic rings. The monoisotopic (exact) mass is 338 g/mol. The molecule has 3 nitrogen and oxygen atoms in total. The fraction of sp³-hybridized carbons (Fsp3) is 0.400. The highest BCUT2D eigenvalue weighted by Gasteiger charge is 2.23. The second kappa shape index (κ2) is 5.94. The molecule has 24 heavy (non-hydrogen) atoms. The van der Waals surface area contributed by atoms with Gasteiger partial charge in [-0.05, 0) is 38.8 Å². The Bertz CT molecular complexity index is 873. The second-order valence-corrected chi connectivity index (χ2v) is 8.07. The molecule has 1 N–H and O–H groups in total. The summed E-state index contributed by atoms with van der Waals surface area (Å²) in [6.07, 6.45) is 5.17. The molecule has 4 heteroatoms. The SMILES string of the molecule is CC(C)(O)c1cc(-c2csc(C3CCCC3)n2)c2ccccc2n1. The van der Waals surface area contributed by atoms with Gasteiger partial charge in [0.05, 0.1) is 21.9 Å². The summed E-state index contributed by atoms with van der Waals surface area (Å²) in [6.45, 7) is 3.55. The Hall–Kier alpha value is -1.78. The van der Waals surface area contributed by atoms with E-state index in [1.54, 1.807) is 25.2 Å². The van der Waals surface area contributed by atoms with Crippen LogP contribution in [-0.4, -0.2) is 15.1 Å². The van der Waals surface area contributed by atoms with Crippen LogP contribution in [0.5, 0.6) is 0 Å². The third-order valence-corrected chi connectivity index (χ3v) is 5.85. The van der Waals surface area contributed by atoms with Crippen LogP contribution in [0.25, 0.3) is 22.2 Å². The van der Waals surface area contributed by atoms with E-state index in [1.165, 1.54) is 30.7 Å². The summed E-state index contributed by atoms with van der Waals surface area (Å²) in [6, 6.07) is 10.1. The topological polar surface area (TPSA) is 46.0 Å². The number of hydrogen-bond donors (Lipinski definition) is 1.